The first-order valence-electron chi connectivity index (χ1n) is 6.53. The SMILES string of the molecule is COCCC(C)(C)CNS(=O)(=O)c1cc(Br)c(C)cc1Br. The molecular weight excluding hydrogens is 422 g/mol. The van der Waals surface area contributed by atoms with Gasteiger partial charge in [0.05, 0.1) is 4.90 Å². The van der Waals surface area contributed by atoms with Crippen molar-refractivity contribution in [1.29, 1.82) is 0 Å². The molecule has 0 saturated carbocycles. The molecule has 120 valence electrons. The Kier molecular flexibility index (Phi) is 6.86. The zero-order valence-electron chi connectivity index (χ0n) is 12.7. The summed E-state index contributed by atoms with van der Waals surface area (Å²) < 4.78 is 33.9. The maximum absolute atomic E-state index is 12.4. The first-order chi connectivity index (χ1) is 9.59. The molecule has 0 spiro atoms. The zero-order valence-corrected chi connectivity index (χ0v) is 16.7. The van der Waals surface area contributed by atoms with Crippen LogP contribution < -0.4 is 4.72 Å². The van der Waals surface area contributed by atoms with Gasteiger partial charge in [0.25, 0.3) is 0 Å². The summed E-state index contributed by atoms with van der Waals surface area (Å²) in [4.78, 5) is 0.238. The molecule has 1 aromatic rings. The average Bonchev–Trinajstić information content (AvgIpc) is 2.38. The van der Waals surface area contributed by atoms with Crippen LogP contribution >= 0.6 is 31.9 Å². The minimum absolute atomic E-state index is 0.169. The first-order valence-corrected chi connectivity index (χ1v) is 9.60. The zero-order chi connectivity index (χ0) is 16.3. The van der Waals surface area contributed by atoms with E-state index in [2.05, 4.69) is 36.6 Å². The molecule has 0 unspecified atom stereocenters. The lowest BCUT2D eigenvalue weighted by atomic mass is 9.90. The average molecular weight is 443 g/mol. The highest BCUT2D eigenvalue weighted by molar-refractivity contribution is 9.11. The number of aryl methyl sites for hydroxylation is 1. The van der Waals surface area contributed by atoms with Gasteiger partial charge < -0.3 is 4.74 Å². The molecular formula is C14H21Br2NO3S. The minimum atomic E-state index is -3.56. The number of methoxy groups -OCH3 is 1. The highest BCUT2D eigenvalue weighted by atomic mass is 79.9. The van der Waals surface area contributed by atoms with E-state index in [1.54, 1.807) is 19.2 Å². The van der Waals surface area contributed by atoms with Crippen LogP contribution in [0.15, 0.2) is 26.0 Å². The molecule has 0 heterocycles. The molecule has 0 aliphatic heterocycles. The molecule has 0 aliphatic carbocycles. The smallest absolute Gasteiger partial charge is 0.241 e. The van der Waals surface area contributed by atoms with Gasteiger partial charge in [-0.05, 0) is 52.4 Å². The molecule has 0 radical (unpaired) electrons. The van der Waals surface area contributed by atoms with Crippen molar-refractivity contribution in [3.8, 4) is 0 Å². The van der Waals surface area contributed by atoms with Gasteiger partial charge in [-0.3, -0.25) is 0 Å². The van der Waals surface area contributed by atoms with Gasteiger partial charge >= 0.3 is 0 Å². The van der Waals surface area contributed by atoms with Gasteiger partial charge in [0, 0.05) is 29.2 Å². The molecule has 0 bridgehead atoms. The monoisotopic (exact) mass is 441 g/mol. The van der Waals surface area contributed by atoms with Crippen LogP contribution in [0.2, 0.25) is 0 Å². The second-order valence-electron chi connectivity index (χ2n) is 5.76. The van der Waals surface area contributed by atoms with E-state index in [9.17, 15) is 8.42 Å². The third-order valence-corrected chi connectivity index (χ3v) is 6.44. The minimum Gasteiger partial charge on any atom is -0.385 e. The number of nitrogens with one attached hydrogen (secondary N) is 1. The van der Waals surface area contributed by atoms with E-state index in [0.29, 0.717) is 17.6 Å². The van der Waals surface area contributed by atoms with Crippen LogP contribution in [0.5, 0.6) is 0 Å². The summed E-state index contributed by atoms with van der Waals surface area (Å²) in [6.07, 6.45) is 0.783. The van der Waals surface area contributed by atoms with Crippen LogP contribution in [0.3, 0.4) is 0 Å². The van der Waals surface area contributed by atoms with Gasteiger partial charge in [-0.25, -0.2) is 13.1 Å². The van der Waals surface area contributed by atoms with Gasteiger partial charge in [0.2, 0.25) is 10.0 Å². The Bertz CT molecular complexity index is 600. The van der Waals surface area contributed by atoms with E-state index >= 15 is 0 Å². The number of ether oxygens (including phenoxy) is 1. The Morgan fingerprint density at radius 1 is 1.24 bits per heavy atom. The van der Waals surface area contributed by atoms with Crippen LogP contribution in [0.1, 0.15) is 25.8 Å². The summed E-state index contributed by atoms with van der Waals surface area (Å²) in [5, 5.41) is 0. The Labute approximate surface area is 144 Å². The third-order valence-electron chi connectivity index (χ3n) is 3.23. The molecule has 4 nitrogen and oxygen atoms in total. The number of hydrogen-bond donors (Lipinski definition) is 1. The number of halogens is 2. The fourth-order valence-corrected chi connectivity index (χ4v) is 4.59. The Morgan fingerprint density at radius 2 is 1.86 bits per heavy atom. The Morgan fingerprint density at radius 3 is 2.43 bits per heavy atom. The van der Waals surface area contributed by atoms with Crippen molar-refractivity contribution in [2.45, 2.75) is 32.1 Å². The molecule has 0 fully saturated rings. The number of benzene rings is 1. The summed E-state index contributed by atoms with van der Waals surface area (Å²) in [7, 11) is -1.92. The second kappa shape index (κ2) is 7.55. The standard InChI is InChI=1S/C14H21Br2NO3S/c1-10-7-12(16)13(8-11(10)15)21(18,19)17-9-14(2,3)5-6-20-4/h7-8,17H,5-6,9H2,1-4H3. The van der Waals surface area contributed by atoms with Crippen molar-refractivity contribution in [2.75, 3.05) is 20.3 Å². The molecule has 0 amide bonds. The fourth-order valence-electron chi connectivity index (χ4n) is 1.67. The highest BCUT2D eigenvalue weighted by Gasteiger charge is 2.24. The highest BCUT2D eigenvalue weighted by Crippen LogP contribution is 2.29. The predicted molar refractivity (Wildman–Crippen MR) is 92.0 cm³/mol. The first kappa shape index (κ1) is 19.1. The molecule has 0 saturated heterocycles. The Hall–Kier alpha value is 0.0500. The fraction of sp³-hybridized carbons (Fsp3) is 0.571. The lowest BCUT2D eigenvalue weighted by molar-refractivity contribution is 0.153. The van der Waals surface area contributed by atoms with E-state index in [1.807, 2.05) is 20.8 Å². The van der Waals surface area contributed by atoms with Gasteiger partial charge in [0.15, 0.2) is 0 Å². The van der Waals surface area contributed by atoms with Crippen LogP contribution in [0, 0.1) is 12.3 Å². The van der Waals surface area contributed by atoms with E-state index in [4.69, 9.17) is 4.74 Å². The van der Waals surface area contributed by atoms with Gasteiger partial charge in [-0.2, -0.15) is 0 Å². The maximum atomic E-state index is 12.4. The van der Waals surface area contributed by atoms with Crippen molar-refractivity contribution in [2.24, 2.45) is 5.41 Å². The molecule has 0 aromatic heterocycles. The van der Waals surface area contributed by atoms with Crippen LogP contribution in [-0.2, 0) is 14.8 Å². The molecule has 21 heavy (non-hydrogen) atoms. The molecule has 1 aromatic carbocycles. The van der Waals surface area contributed by atoms with E-state index < -0.39 is 10.0 Å². The van der Waals surface area contributed by atoms with E-state index in [0.717, 1.165) is 16.5 Å². The van der Waals surface area contributed by atoms with Gasteiger partial charge in [0.1, 0.15) is 0 Å². The van der Waals surface area contributed by atoms with Gasteiger partial charge in [-0.1, -0.05) is 29.8 Å². The topological polar surface area (TPSA) is 55.4 Å². The van der Waals surface area contributed by atoms with Crippen molar-refractivity contribution in [3.63, 3.8) is 0 Å². The second-order valence-corrected chi connectivity index (χ2v) is 9.21. The summed E-state index contributed by atoms with van der Waals surface area (Å²) in [5.74, 6) is 0. The van der Waals surface area contributed by atoms with Crippen molar-refractivity contribution in [3.05, 3.63) is 26.6 Å². The molecule has 1 N–H and O–H groups in total. The molecule has 1 rings (SSSR count). The third kappa shape index (κ3) is 5.63. The summed E-state index contributed by atoms with van der Waals surface area (Å²) in [6.45, 7) is 6.89. The molecule has 7 heteroatoms. The van der Waals surface area contributed by atoms with Crippen molar-refractivity contribution >= 4 is 41.9 Å². The maximum Gasteiger partial charge on any atom is 0.241 e. The van der Waals surface area contributed by atoms with Gasteiger partial charge in [-0.15, -0.1) is 0 Å². The number of hydrogen-bond acceptors (Lipinski definition) is 3. The lowest BCUT2D eigenvalue weighted by Crippen LogP contribution is -2.34. The summed E-state index contributed by atoms with van der Waals surface area (Å²) >= 11 is 6.69. The lowest BCUT2D eigenvalue weighted by Gasteiger charge is -2.24. The van der Waals surface area contributed by atoms with Crippen molar-refractivity contribution in [1.82, 2.24) is 4.72 Å². The molecule has 0 aliphatic rings. The van der Waals surface area contributed by atoms with Crippen molar-refractivity contribution < 1.29 is 13.2 Å². The summed E-state index contributed by atoms with van der Waals surface area (Å²) in [5.41, 5.74) is 0.804. The van der Waals surface area contributed by atoms with Crippen LogP contribution in [0.25, 0.3) is 0 Å². The quantitative estimate of drug-likeness (QED) is 0.697. The van der Waals surface area contributed by atoms with Crippen LogP contribution in [0.4, 0.5) is 0 Å². The Balaban J connectivity index is 2.90. The predicted octanol–water partition coefficient (Wildman–Crippen LogP) is 3.86. The normalized spacial score (nSPS) is 12.7. The van der Waals surface area contributed by atoms with E-state index in [-0.39, 0.29) is 10.3 Å². The number of sulfonamides is 1. The number of rotatable bonds is 7. The summed E-state index contributed by atoms with van der Waals surface area (Å²) in [6, 6.07) is 3.40. The largest absolute Gasteiger partial charge is 0.385 e. The van der Waals surface area contributed by atoms with E-state index in [1.165, 1.54) is 0 Å². The van der Waals surface area contributed by atoms with Crippen LogP contribution in [-0.4, -0.2) is 28.7 Å². The molecule has 0 atom stereocenters.